The molecule has 1 amide bonds. The molecule has 0 aliphatic carbocycles. The van der Waals surface area contributed by atoms with Crippen LogP contribution in [0, 0.1) is 5.82 Å². The van der Waals surface area contributed by atoms with Crippen molar-refractivity contribution in [1.29, 1.82) is 0 Å². The molecular weight excluding hydrogens is 253 g/mol. The zero-order valence-corrected chi connectivity index (χ0v) is 10.7. The van der Waals surface area contributed by atoms with Crippen molar-refractivity contribution in [1.82, 2.24) is 4.90 Å². The minimum absolute atomic E-state index is 0.0504. The van der Waals surface area contributed by atoms with Crippen LogP contribution in [0.4, 0.5) is 4.39 Å². The SMILES string of the molecule is O=C(c1cccc(F)c1)N1C2CCC1CC(Cl)C2. The second-order valence-corrected chi connectivity index (χ2v) is 5.79. The zero-order chi connectivity index (χ0) is 12.7. The van der Waals surface area contributed by atoms with E-state index >= 15 is 0 Å². The third kappa shape index (κ3) is 2.01. The first-order valence-electron chi connectivity index (χ1n) is 6.37. The van der Waals surface area contributed by atoms with Gasteiger partial charge in [-0.2, -0.15) is 0 Å². The fourth-order valence-corrected chi connectivity index (χ4v) is 3.62. The van der Waals surface area contributed by atoms with Crippen LogP contribution in [-0.4, -0.2) is 28.3 Å². The standard InChI is InChI=1S/C14H15ClFNO/c15-10-7-12-4-5-13(8-10)17(12)14(18)9-2-1-3-11(16)6-9/h1-3,6,10,12-13H,4-5,7-8H2. The summed E-state index contributed by atoms with van der Waals surface area (Å²) in [5.41, 5.74) is 0.444. The Morgan fingerprint density at radius 2 is 1.94 bits per heavy atom. The second-order valence-electron chi connectivity index (χ2n) is 5.18. The number of nitrogens with zero attached hydrogens (tertiary/aromatic N) is 1. The van der Waals surface area contributed by atoms with Gasteiger partial charge in [0.05, 0.1) is 0 Å². The fourth-order valence-electron chi connectivity index (χ4n) is 3.21. The Morgan fingerprint density at radius 3 is 2.56 bits per heavy atom. The molecule has 2 aliphatic rings. The van der Waals surface area contributed by atoms with Gasteiger partial charge in [0, 0.05) is 23.0 Å². The van der Waals surface area contributed by atoms with Crippen molar-refractivity contribution >= 4 is 17.5 Å². The van der Waals surface area contributed by atoms with E-state index in [1.165, 1.54) is 12.1 Å². The molecule has 2 aliphatic heterocycles. The van der Waals surface area contributed by atoms with Crippen LogP contribution < -0.4 is 0 Å². The smallest absolute Gasteiger partial charge is 0.254 e. The normalized spacial score (nSPS) is 30.6. The lowest BCUT2D eigenvalue weighted by Crippen LogP contribution is -2.46. The lowest BCUT2D eigenvalue weighted by atomic mass is 10.0. The highest BCUT2D eigenvalue weighted by molar-refractivity contribution is 6.20. The van der Waals surface area contributed by atoms with Gasteiger partial charge in [-0.15, -0.1) is 11.6 Å². The van der Waals surface area contributed by atoms with Gasteiger partial charge in [0.1, 0.15) is 5.82 Å². The Kier molecular flexibility index (Phi) is 3.02. The molecule has 0 saturated carbocycles. The maximum absolute atomic E-state index is 13.2. The maximum Gasteiger partial charge on any atom is 0.254 e. The zero-order valence-electron chi connectivity index (χ0n) is 9.98. The summed E-state index contributed by atoms with van der Waals surface area (Å²) in [6, 6.07) is 6.41. The molecule has 2 fully saturated rings. The fraction of sp³-hybridized carbons (Fsp3) is 0.500. The van der Waals surface area contributed by atoms with Gasteiger partial charge in [0.2, 0.25) is 0 Å². The van der Waals surface area contributed by atoms with Crippen LogP contribution in [0.3, 0.4) is 0 Å². The van der Waals surface area contributed by atoms with Crippen molar-refractivity contribution < 1.29 is 9.18 Å². The number of benzene rings is 1. The van der Waals surface area contributed by atoms with Crippen molar-refractivity contribution in [2.24, 2.45) is 0 Å². The molecule has 0 aromatic heterocycles. The highest BCUT2D eigenvalue weighted by Gasteiger charge is 2.42. The van der Waals surface area contributed by atoms with Gasteiger partial charge < -0.3 is 4.90 Å². The maximum atomic E-state index is 13.2. The average Bonchev–Trinajstić information content (AvgIpc) is 2.61. The van der Waals surface area contributed by atoms with E-state index in [-0.39, 0.29) is 29.2 Å². The van der Waals surface area contributed by atoms with Gasteiger partial charge in [-0.1, -0.05) is 6.07 Å². The van der Waals surface area contributed by atoms with Crippen molar-refractivity contribution in [3.8, 4) is 0 Å². The highest BCUT2D eigenvalue weighted by atomic mass is 35.5. The molecule has 0 N–H and O–H groups in total. The van der Waals surface area contributed by atoms with Crippen molar-refractivity contribution in [3.63, 3.8) is 0 Å². The number of piperidine rings is 1. The van der Waals surface area contributed by atoms with E-state index in [0.29, 0.717) is 5.56 Å². The van der Waals surface area contributed by atoms with Crippen LogP contribution in [-0.2, 0) is 0 Å². The van der Waals surface area contributed by atoms with E-state index in [2.05, 4.69) is 0 Å². The molecule has 0 radical (unpaired) electrons. The number of rotatable bonds is 1. The quantitative estimate of drug-likeness (QED) is 0.716. The summed E-state index contributed by atoms with van der Waals surface area (Å²) in [4.78, 5) is 14.4. The lowest BCUT2D eigenvalue weighted by Gasteiger charge is -2.37. The molecular formula is C14H15ClFNO. The average molecular weight is 268 g/mol. The number of fused-ring (bicyclic) bond motifs is 2. The van der Waals surface area contributed by atoms with E-state index in [4.69, 9.17) is 11.6 Å². The summed E-state index contributed by atoms with van der Waals surface area (Å²) < 4.78 is 13.2. The van der Waals surface area contributed by atoms with E-state index in [0.717, 1.165) is 25.7 Å². The molecule has 18 heavy (non-hydrogen) atoms. The molecule has 3 rings (SSSR count). The van der Waals surface area contributed by atoms with E-state index < -0.39 is 0 Å². The molecule has 2 atom stereocenters. The Labute approximate surface area is 111 Å². The van der Waals surface area contributed by atoms with Gasteiger partial charge in [0.15, 0.2) is 0 Å². The van der Waals surface area contributed by atoms with Crippen molar-refractivity contribution in [3.05, 3.63) is 35.6 Å². The molecule has 0 spiro atoms. The number of halogens is 2. The van der Waals surface area contributed by atoms with Crippen LogP contribution >= 0.6 is 11.6 Å². The monoisotopic (exact) mass is 267 g/mol. The molecule has 96 valence electrons. The van der Waals surface area contributed by atoms with Crippen LogP contribution in [0.15, 0.2) is 24.3 Å². The van der Waals surface area contributed by atoms with Crippen molar-refractivity contribution in [2.75, 3.05) is 0 Å². The first-order chi connectivity index (χ1) is 8.65. The van der Waals surface area contributed by atoms with Crippen LogP contribution in [0.5, 0.6) is 0 Å². The number of hydrogen-bond acceptors (Lipinski definition) is 1. The van der Waals surface area contributed by atoms with E-state index in [1.807, 2.05) is 4.90 Å². The van der Waals surface area contributed by atoms with Gasteiger partial charge >= 0.3 is 0 Å². The number of hydrogen-bond donors (Lipinski definition) is 0. The van der Waals surface area contributed by atoms with Crippen molar-refractivity contribution in [2.45, 2.75) is 43.1 Å². The summed E-state index contributed by atoms with van der Waals surface area (Å²) in [5.74, 6) is -0.411. The predicted octanol–water partition coefficient (Wildman–Crippen LogP) is 3.20. The predicted molar refractivity (Wildman–Crippen MR) is 68.3 cm³/mol. The molecule has 2 unspecified atom stereocenters. The van der Waals surface area contributed by atoms with Gasteiger partial charge in [0.25, 0.3) is 5.91 Å². The number of carbonyl (C=O) groups is 1. The summed E-state index contributed by atoms with van der Waals surface area (Å²) in [5, 5.41) is 0.180. The van der Waals surface area contributed by atoms with Crippen LogP contribution in [0.1, 0.15) is 36.0 Å². The second kappa shape index (κ2) is 4.54. The summed E-state index contributed by atoms with van der Waals surface area (Å²) in [6.07, 6.45) is 3.77. The molecule has 1 aromatic carbocycles. The minimum Gasteiger partial charge on any atom is -0.333 e. The minimum atomic E-state index is -0.361. The Hall–Kier alpha value is -1.09. The molecule has 1 aromatic rings. The highest BCUT2D eigenvalue weighted by Crippen LogP contribution is 2.38. The van der Waals surface area contributed by atoms with Gasteiger partial charge in [-0.3, -0.25) is 4.79 Å². The Balaban J connectivity index is 1.85. The first-order valence-corrected chi connectivity index (χ1v) is 6.81. The molecule has 2 heterocycles. The Morgan fingerprint density at radius 1 is 1.28 bits per heavy atom. The Bertz CT molecular complexity index is 465. The van der Waals surface area contributed by atoms with Gasteiger partial charge in [-0.25, -0.2) is 4.39 Å². The number of alkyl halides is 1. The first kappa shape index (κ1) is 12.0. The largest absolute Gasteiger partial charge is 0.333 e. The van der Waals surface area contributed by atoms with Crippen LogP contribution in [0.2, 0.25) is 0 Å². The summed E-state index contributed by atoms with van der Waals surface area (Å²) in [7, 11) is 0. The van der Waals surface area contributed by atoms with Gasteiger partial charge in [-0.05, 0) is 43.9 Å². The summed E-state index contributed by atoms with van der Waals surface area (Å²) in [6.45, 7) is 0. The molecule has 2 bridgehead atoms. The lowest BCUT2D eigenvalue weighted by molar-refractivity contribution is 0.0599. The topological polar surface area (TPSA) is 20.3 Å². The summed E-state index contributed by atoms with van der Waals surface area (Å²) >= 11 is 6.19. The number of amides is 1. The molecule has 4 heteroatoms. The van der Waals surface area contributed by atoms with E-state index in [9.17, 15) is 9.18 Å². The molecule has 2 nitrogen and oxygen atoms in total. The third-order valence-electron chi connectivity index (χ3n) is 3.98. The molecule has 2 saturated heterocycles. The third-order valence-corrected chi connectivity index (χ3v) is 4.34. The van der Waals surface area contributed by atoms with E-state index in [1.54, 1.807) is 12.1 Å². The van der Waals surface area contributed by atoms with Crippen LogP contribution in [0.25, 0.3) is 0 Å². The number of carbonyl (C=O) groups excluding carboxylic acids is 1.